The van der Waals surface area contributed by atoms with Crippen molar-refractivity contribution in [3.63, 3.8) is 0 Å². The van der Waals surface area contributed by atoms with Crippen LogP contribution in [0.2, 0.25) is 0 Å². The predicted octanol–water partition coefficient (Wildman–Crippen LogP) is 4.54. The molecule has 1 aromatic carbocycles. The fraction of sp³-hybridized carbons (Fsp3) is 0. The highest BCUT2D eigenvalue weighted by Gasteiger charge is 2.06. The molecule has 0 spiro atoms. The Morgan fingerprint density at radius 3 is 2.50 bits per heavy atom. The highest BCUT2D eigenvalue weighted by Crippen LogP contribution is 2.33. The van der Waals surface area contributed by atoms with Crippen molar-refractivity contribution < 1.29 is 0 Å². The van der Waals surface area contributed by atoms with Crippen LogP contribution in [0.3, 0.4) is 0 Å². The van der Waals surface area contributed by atoms with Crippen molar-refractivity contribution in [2.45, 2.75) is 0 Å². The van der Waals surface area contributed by atoms with Crippen LogP contribution < -0.4 is 0 Å². The molecule has 0 bridgehead atoms. The summed E-state index contributed by atoms with van der Waals surface area (Å²) >= 11 is 3.50. The highest BCUT2D eigenvalue weighted by atomic mass is 32.1. The molecule has 0 aliphatic rings. The zero-order valence-corrected chi connectivity index (χ0v) is 10.1. The molecule has 0 aliphatic heterocycles. The standard InChI is InChI=1S/C13H9NS2/c1-2-5-10(6-3-1)13-14-9-12(16-13)11-7-4-8-15-11/h1-9H. The van der Waals surface area contributed by atoms with Crippen LogP contribution >= 0.6 is 22.7 Å². The molecule has 3 heteroatoms. The van der Waals surface area contributed by atoms with E-state index in [0.717, 1.165) is 5.01 Å². The molecule has 2 heterocycles. The van der Waals surface area contributed by atoms with Gasteiger partial charge in [0, 0.05) is 16.6 Å². The van der Waals surface area contributed by atoms with Gasteiger partial charge in [0.1, 0.15) is 5.01 Å². The molecule has 78 valence electrons. The number of nitrogens with zero attached hydrogens (tertiary/aromatic N) is 1. The Kier molecular flexibility index (Phi) is 2.56. The van der Waals surface area contributed by atoms with Gasteiger partial charge in [-0.1, -0.05) is 36.4 Å². The first-order chi connectivity index (χ1) is 7.93. The lowest BCUT2D eigenvalue weighted by Crippen LogP contribution is -1.71. The number of benzene rings is 1. The van der Waals surface area contributed by atoms with E-state index in [1.54, 1.807) is 22.7 Å². The van der Waals surface area contributed by atoms with E-state index in [0.29, 0.717) is 0 Å². The molecule has 1 nitrogen and oxygen atoms in total. The Morgan fingerprint density at radius 1 is 0.875 bits per heavy atom. The van der Waals surface area contributed by atoms with Crippen molar-refractivity contribution in [3.8, 4) is 20.3 Å². The second-order valence-electron chi connectivity index (χ2n) is 3.37. The predicted molar refractivity (Wildman–Crippen MR) is 70.9 cm³/mol. The molecular formula is C13H9NS2. The zero-order valence-electron chi connectivity index (χ0n) is 8.46. The maximum atomic E-state index is 4.47. The minimum Gasteiger partial charge on any atom is -0.244 e. The van der Waals surface area contributed by atoms with Gasteiger partial charge in [-0.3, -0.25) is 0 Å². The summed E-state index contributed by atoms with van der Waals surface area (Å²) in [5, 5.41) is 3.18. The highest BCUT2D eigenvalue weighted by molar-refractivity contribution is 7.22. The molecule has 3 aromatic rings. The van der Waals surface area contributed by atoms with E-state index in [2.05, 4.69) is 34.6 Å². The van der Waals surface area contributed by atoms with Gasteiger partial charge in [0.25, 0.3) is 0 Å². The molecule has 0 fully saturated rings. The first kappa shape index (κ1) is 9.75. The first-order valence-electron chi connectivity index (χ1n) is 4.98. The number of hydrogen-bond acceptors (Lipinski definition) is 3. The van der Waals surface area contributed by atoms with E-state index in [9.17, 15) is 0 Å². The van der Waals surface area contributed by atoms with Gasteiger partial charge in [-0.25, -0.2) is 4.98 Å². The van der Waals surface area contributed by atoms with E-state index in [4.69, 9.17) is 0 Å². The molecule has 0 atom stereocenters. The van der Waals surface area contributed by atoms with Gasteiger partial charge in [-0.05, 0) is 11.4 Å². The lowest BCUT2D eigenvalue weighted by molar-refractivity contribution is 1.42. The van der Waals surface area contributed by atoms with Crippen LogP contribution in [0.25, 0.3) is 20.3 Å². The van der Waals surface area contributed by atoms with Crippen LogP contribution in [-0.2, 0) is 0 Å². The maximum absolute atomic E-state index is 4.47. The fourth-order valence-electron chi connectivity index (χ4n) is 1.52. The summed E-state index contributed by atoms with van der Waals surface area (Å²) in [5.41, 5.74) is 1.19. The van der Waals surface area contributed by atoms with Crippen LogP contribution in [0.4, 0.5) is 0 Å². The monoisotopic (exact) mass is 243 g/mol. The summed E-state index contributed by atoms with van der Waals surface area (Å²) in [4.78, 5) is 7.00. The Hall–Kier alpha value is -1.45. The average molecular weight is 243 g/mol. The van der Waals surface area contributed by atoms with Crippen molar-refractivity contribution >= 4 is 22.7 Å². The van der Waals surface area contributed by atoms with E-state index >= 15 is 0 Å². The summed E-state index contributed by atoms with van der Waals surface area (Å²) in [5.74, 6) is 0. The van der Waals surface area contributed by atoms with Crippen LogP contribution in [0.1, 0.15) is 0 Å². The van der Waals surface area contributed by atoms with Crippen LogP contribution in [0.15, 0.2) is 54.0 Å². The lowest BCUT2D eigenvalue weighted by atomic mass is 10.2. The Morgan fingerprint density at radius 2 is 1.75 bits per heavy atom. The maximum Gasteiger partial charge on any atom is 0.123 e. The van der Waals surface area contributed by atoms with Crippen molar-refractivity contribution in [2.75, 3.05) is 0 Å². The minimum atomic E-state index is 1.09. The van der Waals surface area contributed by atoms with Crippen molar-refractivity contribution in [2.24, 2.45) is 0 Å². The van der Waals surface area contributed by atoms with Crippen LogP contribution in [-0.4, -0.2) is 4.98 Å². The van der Waals surface area contributed by atoms with Gasteiger partial charge in [-0.2, -0.15) is 0 Å². The Bertz CT molecular complexity index is 567. The molecule has 0 amide bonds. The van der Waals surface area contributed by atoms with Gasteiger partial charge in [0.05, 0.1) is 4.88 Å². The molecule has 0 saturated heterocycles. The van der Waals surface area contributed by atoms with Gasteiger partial charge in [-0.15, -0.1) is 22.7 Å². The van der Waals surface area contributed by atoms with Crippen molar-refractivity contribution in [1.82, 2.24) is 4.98 Å². The normalized spacial score (nSPS) is 10.5. The second kappa shape index (κ2) is 4.20. The molecule has 2 aromatic heterocycles. The van der Waals surface area contributed by atoms with Crippen molar-refractivity contribution in [1.29, 1.82) is 0 Å². The summed E-state index contributed by atoms with van der Waals surface area (Å²) in [7, 11) is 0. The third-order valence-corrected chi connectivity index (χ3v) is 4.40. The average Bonchev–Trinajstić information content (AvgIpc) is 3.01. The third-order valence-electron chi connectivity index (χ3n) is 2.29. The summed E-state index contributed by atoms with van der Waals surface area (Å²) in [6.45, 7) is 0. The quantitative estimate of drug-likeness (QED) is 0.644. The number of rotatable bonds is 2. The molecule has 3 rings (SSSR count). The van der Waals surface area contributed by atoms with E-state index in [1.165, 1.54) is 15.3 Å². The fourth-order valence-corrected chi connectivity index (χ4v) is 3.26. The van der Waals surface area contributed by atoms with Gasteiger partial charge < -0.3 is 0 Å². The zero-order chi connectivity index (χ0) is 10.8. The topological polar surface area (TPSA) is 12.9 Å². The van der Waals surface area contributed by atoms with E-state index in [1.807, 2.05) is 24.4 Å². The molecule has 0 unspecified atom stereocenters. The first-order valence-corrected chi connectivity index (χ1v) is 6.68. The lowest BCUT2D eigenvalue weighted by Gasteiger charge is -1.93. The summed E-state index contributed by atoms with van der Waals surface area (Å²) < 4.78 is 0. The molecule has 16 heavy (non-hydrogen) atoms. The second-order valence-corrected chi connectivity index (χ2v) is 5.35. The number of thiazole rings is 1. The molecule has 0 N–H and O–H groups in total. The van der Waals surface area contributed by atoms with E-state index < -0.39 is 0 Å². The molecule has 0 saturated carbocycles. The summed E-state index contributed by atoms with van der Waals surface area (Å²) in [6.07, 6.45) is 1.96. The number of aromatic nitrogens is 1. The molecule has 0 radical (unpaired) electrons. The Balaban J connectivity index is 2.00. The Labute approximate surface area is 102 Å². The van der Waals surface area contributed by atoms with E-state index in [-0.39, 0.29) is 0 Å². The largest absolute Gasteiger partial charge is 0.244 e. The molecule has 0 aliphatic carbocycles. The smallest absolute Gasteiger partial charge is 0.123 e. The van der Waals surface area contributed by atoms with Gasteiger partial charge in [0.2, 0.25) is 0 Å². The van der Waals surface area contributed by atoms with Gasteiger partial charge in [0.15, 0.2) is 0 Å². The van der Waals surface area contributed by atoms with Gasteiger partial charge >= 0.3 is 0 Å². The van der Waals surface area contributed by atoms with Crippen LogP contribution in [0.5, 0.6) is 0 Å². The number of hydrogen-bond donors (Lipinski definition) is 0. The minimum absolute atomic E-state index is 1.09. The molecular weight excluding hydrogens is 234 g/mol. The third kappa shape index (κ3) is 1.79. The number of thiophene rings is 1. The van der Waals surface area contributed by atoms with Crippen molar-refractivity contribution in [3.05, 3.63) is 54.0 Å². The summed E-state index contributed by atoms with van der Waals surface area (Å²) in [6, 6.07) is 14.5. The SMILES string of the molecule is c1ccc(-c2ncc(-c3cccs3)s2)cc1. The van der Waals surface area contributed by atoms with Crippen LogP contribution in [0, 0.1) is 0 Å².